The molecule has 0 saturated heterocycles. The highest BCUT2D eigenvalue weighted by molar-refractivity contribution is 6.06. The van der Waals surface area contributed by atoms with Gasteiger partial charge in [-0.2, -0.15) is 0 Å². The normalized spacial score (nSPS) is 10.5. The Bertz CT molecular complexity index is 816. The predicted molar refractivity (Wildman–Crippen MR) is 91.9 cm³/mol. The lowest BCUT2D eigenvalue weighted by molar-refractivity contribution is 0.102. The van der Waals surface area contributed by atoms with E-state index in [0.29, 0.717) is 12.2 Å². The fourth-order valence-electron chi connectivity index (χ4n) is 2.28. The molecule has 1 heterocycles. The lowest BCUT2D eigenvalue weighted by Gasteiger charge is -2.08. The fourth-order valence-corrected chi connectivity index (χ4v) is 2.28. The summed E-state index contributed by atoms with van der Waals surface area (Å²) in [5.41, 5.74) is 2.21. The Labute approximate surface area is 135 Å². The van der Waals surface area contributed by atoms with Crippen molar-refractivity contribution < 1.29 is 9.53 Å². The maximum Gasteiger partial charge on any atom is 0.255 e. The van der Waals surface area contributed by atoms with E-state index in [1.165, 1.54) is 0 Å². The number of para-hydroxylation sites is 1. The summed E-state index contributed by atoms with van der Waals surface area (Å²) in [7, 11) is 0. The summed E-state index contributed by atoms with van der Waals surface area (Å²) in [6, 6.07) is 16.8. The maximum atomic E-state index is 12.4. The van der Waals surface area contributed by atoms with Crippen molar-refractivity contribution in [3.8, 4) is 5.75 Å². The summed E-state index contributed by atoms with van der Waals surface area (Å²) < 4.78 is 5.60. The first-order valence-corrected chi connectivity index (χ1v) is 7.65. The van der Waals surface area contributed by atoms with Gasteiger partial charge < -0.3 is 10.1 Å². The number of nitrogens with zero attached hydrogens (tertiary/aromatic N) is 1. The highest BCUT2D eigenvalue weighted by atomic mass is 16.5. The van der Waals surface area contributed by atoms with E-state index in [1.807, 2.05) is 48.5 Å². The second kappa shape index (κ2) is 6.92. The van der Waals surface area contributed by atoms with E-state index in [4.69, 9.17) is 4.74 Å². The molecule has 3 rings (SSSR count). The number of fused-ring (bicyclic) bond motifs is 1. The lowest BCUT2D eigenvalue weighted by atomic mass is 10.1. The fraction of sp³-hybridized carbons (Fsp3) is 0.158. The molecule has 0 aliphatic rings. The van der Waals surface area contributed by atoms with Gasteiger partial charge >= 0.3 is 0 Å². The van der Waals surface area contributed by atoms with E-state index in [1.54, 1.807) is 12.3 Å². The van der Waals surface area contributed by atoms with Crippen molar-refractivity contribution in [2.45, 2.75) is 13.3 Å². The number of hydrogen-bond acceptors (Lipinski definition) is 3. The first kappa shape index (κ1) is 15.0. The molecule has 1 aromatic heterocycles. The van der Waals surface area contributed by atoms with Crippen LogP contribution in [0.25, 0.3) is 10.9 Å². The second-order valence-electron chi connectivity index (χ2n) is 5.25. The van der Waals surface area contributed by atoms with Gasteiger partial charge in [0, 0.05) is 16.6 Å². The van der Waals surface area contributed by atoms with Crippen LogP contribution >= 0.6 is 0 Å². The third kappa shape index (κ3) is 3.66. The largest absolute Gasteiger partial charge is 0.492 e. The summed E-state index contributed by atoms with van der Waals surface area (Å²) in [4.78, 5) is 16.7. The van der Waals surface area contributed by atoms with Crippen LogP contribution in [-0.2, 0) is 0 Å². The van der Waals surface area contributed by atoms with Crippen LogP contribution in [-0.4, -0.2) is 17.5 Å². The molecule has 0 bridgehead atoms. The molecule has 1 amide bonds. The molecule has 0 aliphatic heterocycles. The van der Waals surface area contributed by atoms with E-state index >= 15 is 0 Å². The van der Waals surface area contributed by atoms with Crippen LogP contribution in [0.5, 0.6) is 5.75 Å². The second-order valence-corrected chi connectivity index (χ2v) is 5.25. The number of aromatic nitrogens is 1. The average Bonchev–Trinajstić information content (AvgIpc) is 2.60. The van der Waals surface area contributed by atoms with Crippen LogP contribution in [0.1, 0.15) is 23.7 Å². The Morgan fingerprint density at radius 2 is 1.96 bits per heavy atom. The number of carbonyl (C=O) groups excluding carboxylic acids is 1. The standard InChI is InChI=1S/C19H18N2O2/c1-2-10-23-17-12-15-11-14(8-9-18(15)20-13-17)19(22)21-16-6-4-3-5-7-16/h3-9,11-13H,2,10H2,1H3,(H,21,22). The molecule has 2 aromatic carbocycles. The molecule has 0 unspecified atom stereocenters. The lowest BCUT2D eigenvalue weighted by Crippen LogP contribution is -2.11. The molecule has 0 spiro atoms. The molecular formula is C19H18N2O2. The van der Waals surface area contributed by atoms with Gasteiger partial charge in [0.25, 0.3) is 5.91 Å². The van der Waals surface area contributed by atoms with Gasteiger partial charge in [0.1, 0.15) is 5.75 Å². The summed E-state index contributed by atoms with van der Waals surface area (Å²) in [6.45, 7) is 2.71. The molecule has 0 fully saturated rings. The molecule has 0 aliphatic carbocycles. The number of nitrogens with one attached hydrogen (secondary N) is 1. The molecule has 4 nitrogen and oxygen atoms in total. The molecule has 1 N–H and O–H groups in total. The van der Waals surface area contributed by atoms with Gasteiger partial charge in [-0.3, -0.25) is 9.78 Å². The summed E-state index contributed by atoms with van der Waals surface area (Å²) in [6.07, 6.45) is 2.65. The topological polar surface area (TPSA) is 51.2 Å². The van der Waals surface area contributed by atoms with Gasteiger partial charge in [0.15, 0.2) is 0 Å². The number of rotatable bonds is 5. The zero-order chi connectivity index (χ0) is 16.1. The summed E-state index contributed by atoms with van der Waals surface area (Å²) in [5.74, 6) is 0.581. The Kier molecular flexibility index (Phi) is 4.52. The van der Waals surface area contributed by atoms with E-state index in [9.17, 15) is 4.79 Å². The molecular weight excluding hydrogens is 288 g/mol. The molecule has 116 valence electrons. The van der Waals surface area contributed by atoms with Gasteiger partial charge in [-0.15, -0.1) is 0 Å². The summed E-state index contributed by atoms with van der Waals surface area (Å²) >= 11 is 0. The summed E-state index contributed by atoms with van der Waals surface area (Å²) in [5, 5.41) is 3.77. The van der Waals surface area contributed by atoms with Crippen molar-refractivity contribution in [2.24, 2.45) is 0 Å². The van der Waals surface area contributed by atoms with Gasteiger partial charge in [-0.1, -0.05) is 25.1 Å². The van der Waals surface area contributed by atoms with E-state index in [-0.39, 0.29) is 5.91 Å². The Morgan fingerprint density at radius 3 is 2.74 bits per heavy atom. The van der Waals surface area contributed by atoms with Gasteiger partial charge in [-0.25, -0.2) is 0 Å². The third-order valence-corrected chi connectivity index (χ3v) is 3.42. The quantitative estimate of drug-likeness (QED) is 0.765. The van der Waals surface area contributed by atoms with Crippen LogP contribution in [0.2, 0.25) is 0 Å². The van der Waals surface area contributed by atoms with E-state index in [0.717, 1.165) is 28.8 Å². The molecule has 0 radical (unpaired) electrons. The van der Waals surface area contributed by atoms with Gasteiger partial charge in [0.2, 0.25) is 0 Å². The highest BCUT2D eigenvalue weighted by Crippen LogP contribution is 2.20. The van der Waals surface area contributed by atoms with Crippen LogP contribution in [0.3, 0.4) is 0 Å². The van der Waals surface area contributed by atoms with Crippen LogP contribution in [0.15, 0.2) is 60.8 Å². The number of pyridine rings is 1. The number of carbonyl (C=O) groups is 1. The minimum atomic E-state index is -0.141. The smallest absolute Gasteiger partial charge is 0.255 e. The predicted octanol–water partition coefficient (Wildman–Crippen LogP) is 4.28. The molecule has 0 saturated carbocycles. The Morgan fingerprint density at radius 1 is 1.13 bits per heavy atom. The first-order valence-electron chi connectivity index (χ1n) is 7.65. The molecule has 23 heavy (non-hydrogen) atoms. The zero-order valence-corrected chi connectivity index (χ0v) is 13.0. The van der Waals surface area contributed by atoms with Crippen LogP contribution in [0.4, 0.5) is 5.69 Å². The number of amides is 1. The van der Waals surface area contributed by atoms with Gasteiger partial charge in [-0.05, 0) is 42.8 Å². The van der Waals surface area contributed by atoms with Crippen LogP contribution < -0.4 is 10.1 Å². The number of anilines is 1. The van der Waals surface area contributed by atoms with Crippen molar-refractivity contribution in [3.63, 3.8) is 0 Å². The first-order chi connectivity index (χ1) is 11.3. The average molecular weight is 306 g/mol. The van der Waals surface area contributed by atoms with Crippen molar-refractivity contribution in [1.82, 2.24) is 4.98 Å². The SMILES string of the molecule is CCCOc1cnc2ccc(C(=O)Nc3ccccc3)cc2c1. The Balaban J connectivity index is 1.84. The number of benzene rings is 2. The highest BCUT2D eigenvalue weighted by Gasteiger charge is 2.08. The molecule has 0 atom stereocenters. The monoisotopic (exact) mass is 306 g/mol. The van der Waals surface area contributed by atoms with Gasteiger partial charge in [0.05, 0.1) is 18.3 Å². The van der Waals surface area contributed by atoms with E-state index < -0.39 is 0 Å². The third-order valence-electron chi connectivity index (χ3n) is 3.42. The molecule has 3 aromatic rings. The van der Waals surface area contributed by atoms with Crippen LogP contribution in [0, 0.1) is 0 Å². The number of hydrogen-bond donors (Lipinski definition) is 1. The van der Waals surface area contributed by atoms with Crippen molar-refractivity contribution in [2.75, 3.05) is 11.9 Å². The minimum Gasteiger partial charge on any atom is -0.492 e. The van der Waals surface area contributed by atoms with Crippen molar-refractivity contribution >= 4 is 22.5 Å². The zero-order valence-electron chi connectivity index (χ0n) is 13.0. The van der Waals surface area contributed by atoms with E-state index in [2.05, 4.69) is 17.2 Å². The van der Waals surface area contributed by atoms with Crippen molar-refractivity contribution in [3.05, 3.63) is 66.4 Å². The van der Waals surface area contributed by atoms with Crippen molar-refractivity contribution in [1.29, 1.82) is 0 Å². The maximum absolute atomic E-state index is 12.4. The Hall–Kier alpha value is -2.88. The molecule has 4 heteroatoms. The number of ether oxygens (including phenoxy) is 1. The minimum absolute atomic E-state index is 0.141.